The van der Waals surface area contributed by atoms with Crippen molar-refractivity contribution in [2.75, 3.05) is 26.1 Å². The van der Waals surface area contributed by atoms with Crippen molar-refractivity contribution >= 4 is 31.6 Å². The second-order valence-electron chi connectivity index (χ2n) is 4.99. The number of rotatable bonds is 8. The summed E-state index contributed by atoms with van der Waals surface area (Å²) in [5.41, 5.74) is 0.00753. The number of anilines is 1. The average molecular weight is 468 g/mol. The van der Waals surface area contributed by atoms with Crippen molar-refractivity contribution in [3.8, 4) is 23.0 Å². The molecule has 2 aromatic carbocycles. The third-order valence-corrected chi connectivity index (χ3v) is 5.70. The van der Waals surface area contributed by atoms with Gasteiger partial charge in [0.25, 0.3) is 10.0 Å². The van der Waals surface area contributed by atoms with Crippen LogP contribution in [-0.2, 0) is 10.0 Å². The summed E-state index contributed by atoms with van der Waals surface area (Å²) in [5.74, 6) is 0.266. The summed E-state index contributed by atoms with van der Waals surface area (Å²) in [7, 11) is -0.0233. The van der Waals surface area contributed by atoms with Crippen LogP contribution in [0.25, 0.3) is 0 Å². The molecule has 27 heavy (non-hydrogen) atoms. The van der Waals surface area contributed by atoms with Crippen molar-refractivity contribution in [1.29, 1.82) is 0 Å². The van der Waals surface area contributed by atoms with E-state index >= 15 is 0 Å². The average Bonchev–Trinajstić information content (AvgIpc) is 2.60. The number of hydrogen-bond acceptors (Lipinski definition) is 6. The van der Waals surface area contributed by atoms with E-state index in [2.05, 4.69) is 25.4 Å². The van der Waals surface area contributed by atoms with Crippen molar-refractivity contribution < 1.29 is 36.1 Å². The van der Waals surface area contributed by atoms with Crippen LogP contribution in [0.2, 0.25) is 0 Å². The predicted molar refractivity (Wildman–Crippen MR) is 97.7 cm³/mol. The molecule has 7 nitrogen and oxygen atoms in total. The van der Waals surface area contributed by atoms with Gasteiger partial charge in [0.15, 0.2) is 23.0 Å². The minimum absolute atomic E-state index is 0.00753. The Kier molecular flexibility index (Phi) is 6.71. The van der Waals surface area contributed by atoms with E-state index in [0.717, 1.165) is 6.07 Å². The zero-order valence-corrected chi connectivity index (χ0v) is 16.9. The van der Waals surface area contributed by atoms with Crippen molar-refractivity contribution in [2.45, 2.75) is 11.5 Å². The Hall–Kier alpha value is -2.27. The van der Waals surface area contributed by atoms with Crippen LogP contribution < -0.4 is 23.7 Å². The quantitative estimate of drug-likeness (QED) is 0.634. The first kappa shape index (κ1) is 21.0. The molecule has 0 unspecified atom stereocenters. The molecule has 2 aromatic rings. The minimum Gasteiger partial charge on any atom is -0.493 e. The Labute approximate surface area is 163 Å². The summed E-state index contributed by atoms with van der Waals surface area (Å²) >= 11 is 3.17. The molecule has 0 radical (unpaired) electrons. The molecule has 0 saturated heterocycles. The molecule has 0 spiro atoms. The Balaban J connectivity index is 2.42. The number of methoxy groups -OCH3 is 3. The van der Waals surface area contributed by atoms with E-state index in [1.54, 1.807) is 0 Å². The maximum Gasteiger partial charge on any atom is 0.387 e. The first-order valence-corrected chi connectivity index (χ1v) is 9.56. The summed E-state index contributed by atoms with van der Waals surface area (Å²) < 4.78 is 72.5. The Morgan fingerprint density at radius 1 is 0.926 bits per heavy atom. The lowest BCUT2D eigenvalue weighted by Crippen LogP contribution is -2.14. The van der Waals surface area contributed by atoms with Gasteiger partial charge in [0.05, 0.1) is 27.0 Å². The highest BCUT2D eigenvalue weighted by Crippen LogP contribution is 2.37. The van der Waals surface area contributed by atoms with Crippen molar-refractivity contribution in [3.63, 3.8) is 0 Å². The highest BCUT2D eigenvalue weighted by atomic mass is 79.9. The fourth-order valence-corrected chi connectivity index (χ4v) is 4.27. The van der Waals surface area contributed by atoms with Gasteiger partial charge in [0, 0.05) is 16.6 Å². The van der Waals surface area contributed by atoms with Crippen LogP contribution in [0, 0.1) is 0 Å². The van der Waals surface area contributed by atoms with Crippen LogP contribution in [0.4, 0.5) is 14.5 Å². The lowest BCUT2D eigenvalue weighted by molar-refractivity contribution is -0.0511. The molecule has 11 heteroatoms. The molecule has 2 rings (SSSR count). The largest absolute Gasteiger partial charge is 0.493 e. The number of ether oxygens (including phenoxy) is 4. The van der Waals surface area contributed by atoms with Gasteiger partial charge in [-0.15, -0.1) is 0 Å². The fourth-order valence-electron chi connectivity index (χ4n) is 2.18. The third-order valence-electron chi connectivity index (χ3n) is 3.36. The Morgan fingerprint density at radius 3 is 2.07 bits per heavy atom. The van der Waals surface area contributed by atoms with Crippen molar-refractivity contribution in [1.82, 2.24) is 0 Å². The second-order valence-corrected chi connectivity index (χ2v) is 7.49. The molecule has 0 aromatic heterocycles. The van der Waals surface area contributed by atoms with Crippen LogP contribution >= 0.6 is 15.9 Å². The molecule has 148 valence electrons. The first-order valence-electron chi connectivity index (χ1n) is 7.29. The molecule has 0 aliphatic carbocycles. The van der Waals surface area contributed by atoms with Gasteiger partial charge in [0.1, 0.15) is 4.90 Å². The molecule has 0 aliphatic heterocycles. The van der Waals surface area contributed by atoms with Gasteiger partial charge in [-0.2, -0.15) is 8.78 Å². The highest BCUT2D eigenvalue weighted by Gasteiger charge is 2.22. The van der Waals surface area contributed by atoms with E-state index < -0.39 is 16.6 Å². The minimum atomic E-state index is -4.08. The first-order chi connectivity index (χ1) is 12.7. The van der Waals surface area contributed by atoms with Crippen LogP contribution in [0.5, 0.6) is 23.0 Å². The molecule has 0 amide bonds. The van der Waals surface area contributed by atoms with Crippen molar-refractivity contribution in [2.24, 2.45) is 0 Å². The summed E-state index contributed by atoms with van der Waals surface area (Å²) in [5, 5.41) is 0. The van der Waals surface area contributed by atoms with Crippen LogP contribution in [0.15, 0.2) is 39.7 Å². The van der Waals surface area contributed by atoms with E-state index in [9.17, 15) is 17.2 Å². The molecule has 0 bridgehead atoms. The Bertz CT molecular complexity index is 923. The van der Waals surface area contributed by atoms with E-state index in [1.165, 1.54) is 45.6 Å². The molecular weight excluding hydrogens is 452 g/mol. The van der Waals surface area contributed by atoms with Gasteiger partial charge in [-0.05, 0) is 34.1 Å². The fraction of sp³-hybridized carbons (Fsp3) is 0.250. The maximum atomic E-state index is 12.7. The molecule has 0 fully saturated rings. The van der Waals surface area contributed by atoms with Gasteiger partial charge in [-0.1, -0.05) is 0 Å². The monoisotopic (exact) mass is 467 g/mol. The van der Waals surface area contributed by atoms with Gasteiger partial charge in [-0.25, -0.2) is 8.42 Å². The number of hydrogen-bond donors (Lipinski definition) is 1. The number of nitrogens with one attached hydrogen (secondary N) is 1. The van der Waals surface area contributed by atoms with Crippen molar-refractivity contribution in [3.05, 3.63) is 34.8 Å². The lowest BCUT2D eigenvalue weighted by atomic mass is 10.3. The zero-order chi connectivity index (χ0) is 20.2. The number of alkyl halides is 2. The topological polar surface area (TPSA) is 83.1 Å². The van der Waals surface area contributed by atoms with Gasteiger partial charge >= 0.3 is 6.61 Å². The van der Waals surface area contributed by atoms with E-state index in [1.807, 2.05) is 0 Å². The summed E-state index contributed by atoms with van der Waals surface area (Å²) in [6.07, 6.45) is 0. The van der Waals surface area contributed by atoms with E-state index in [0.29, 0.717) is 5.75 Å². The number of benzene rings is 2. The van der Waals surface area contributed by atoms with E-state index in [-0.39, 0.29) is 32.3 Å². The molecule has 0 aliphatic rings. The number of halogens is 3. The van der Waals surface area contributed by atoms with Gasteiger partial charge in [0.2, 0.25) is 0 Å². The van der Waals surface area contributed by atoms with Gasteiger partial charge < -0.3 is 18.9 Å². The van der Waals surface area contributed by atoms with E-state index in [4.69, 9.17) is 14.2 Å². The van der Waals surface area contributed by atoms with Crippen LogP contribution in [0.3, 0.4) is 0 Å². The lowest BCUT2D eigenvalue weighted by Gasteiger charge is -2.15. The molecule has 0 heterocycles. The highest BCUT2D eigenvalue weighted by molar-refractivity contribution is 9.10. The number of sulfonamides is 1. The summed E-state index contributed by atoms with van der Waals surface area (Å²) in [4.78, 5) is -0.132. The standard InChI is InChI=1S/C16H16BrF2NO6S/c1-23-11-5-4-9(6-14(11)26-16(18)19)20-27(21,22)15-8-13(25-3)12(24-2)7-10(15)17/h4-8,16,20H,1-3H3. The second kappa shape index (κ2) is 8.61. The Morgan fingerprint density at radius 2 is 1.52 bits per heavy atom. The zero-order valence-electron chi connectivity index (χ0n) is 14.5. The smallest absolute Gasteiger partial charge is 0.387 e. The predicted octanol–water partition coefficient (Wildman–Crippen LogP) is 3.88. The van der Waals surface area contributed by atoms with Crippen LogP contribution in [-0.4, -0.2) is 36.4 Å². The van der Waals surface area contributed by atoms with Crippen LogP contribution in [0.1, 0.15) is 0 Å². The normalized spacial score (nSPS) is 11.2. The third kappa shape index (κ3) is 4.92. The summed E-state index contributed by atoms with van der Waals surface area (Å²) in [6.45, 7) is -3.09. The SMILES string of the molecule is COc1cc(Br)c(S(=O)(=O)Nc2ccc(OC)c(OC(F)F)c2)cc1OC. The molecule has 0 saturated carbocycles. The molecule has 0 atom stereocenters. The molecular formula is C16H16BrF2NO6S. The van der Waals surface area contributed by atoms with Gasteiger partial charge in [-0.3, -0.25) is 4.72 Å². The maximum absolute atomic E-state index is 12.7. The summed E-state index contributed by atoms with van der Waals surface area (Å²) in [6, 6.07) is 6.46. The molecule has 1 N–H and O–H groups in total.